The molecule has 0 heterocycles. The lowest BCUT2D eigenvalue weighted by Crippen LogP contribution is -2.32. The minimum absolute atomic E-state index is 0.189. The van der Waals surface area contributed by atoms with Crippen molar-refractivity contribution in [2.24, 2.45) is 5.10 Å². The summed E-state index contributed by atoms with van der Waals surface area (Å²) in [5, 5.41) is 9.51. The normalized spacial score (nSPS) is 10.5. The van der Waals surface area contributed by atoms with Gasteiger partial charge >= 0.3 is 11.8 Å². The van der Waals surface area contributed by atoms with Crippen LogP contribution in [0.2, 0.25) is 5.02 Å². The molecule has 0 aliphatic heterocycles. The van der Waals surface area contributed by atoms with Gasteiger partial charge < -0.3 is 15.4 Å². The summed E-state index contributed by atoms with van der Waals surface area (Å²) in [4.78, 5) is 36.2. The summed E-state index contributed by atoms with van der Waals surface area (Å²) < 4.78 is 5.58. The number of hydrazone groups is 1. The first-order valence-corrected chi connectivity index (χ1v) is 10.7. The minimum Gasteiger partial charge on any atom is -0.483 e. The van der Waals surface area contributed by atoms with Crippen LogP contribution in [0.3, 0.4) is 0 Å². The van der Waals surface area contributed by atoms with E-state index in [1.165, 1.54) is 6.21 Å². The molecule has 8 nitrogen and oxygen atoms in total. The number of rotatable bonds is 8. The second-order valence-corrected chi connectivity index (χ2v) is 7.61. The van der Waals surface area contributed by atoms with E-state index in [0.29, 0.717) is 28.6 Å². The van der Waals surface area contributed by atoms with Crippen LogP contribution in [0.25, 0.3) is 0 Å². The molecule has 9 heteroatoms. The highest BCUT2D eigenvalue weighted by molar-refractivity contribution is 6.39. The fraction of sp³-hybridized carbons (Fsp3) is 0.120. The van der Waals surface area contributed by atoms with Gasteiger partial charge in [-0.05, 0) is 42.3 Å². The molecule has 0 unspecified atom stereocenters. The highest BCUT2D eigenvalue weighted by atomic mass is 35.5. The minimum atomic E-state index is -0.952. The first kappa shape index (κ1) is 24.5. The van der Waals surface area contributed by atoms with Crippen molar-refractivity contribution >= 4 is 41.2 Å². The summed E-state index contributed by atoms with van der Waals surface area (Å²) in [5.41, 5.74) is 4.90. The lowest BCUT2D eigenvalue weighted by molar-refractivity contribution is -0.136. The van der Waals surface area contributed by atoms with E-state index in [9.17, 15) is 14.4 Å². The summed E-state index contributed by atoms with van der Waals surface area (Å²) in [6.07, 6.45) is 1.32. The molecule has 0 aliphatic rings. The average molecular weight is 479 g/mol. The van der Waals surface area contributed by atoms with E-state index < -0.39 is 11.8 Å². The van der Waals surface area contributed by atoms with Crippen molar-refractivity contribution < 1.29 is 19.1 Å². The molecule has 0 spiro atoms. The summed E-state index contributed by atoms with van der Waals surface area (Å²) in [7, 11) is 0. The van der Waals surface area contributed by atoms with Crippen LogP contribution in [-0.2, 0) is 20.9 Å². The molecule has 0 aliphatic carbocycles. The zero-order chi connectivity index (χ0) is 24.3. The monoisotopic (exact) mass is 478 g/mol. The molecular weight excluding hydrogens is 456 g/mol. The van der Waals surface area contributed by atoms with Gasteiger partial charge in [-0.2, -0.15) is 5.10 Å². The Balaban J connectivity index is 1.50. The molecule has 0 bridgehead atoms. The van der Waals surface area contributed by atoms with Gasteiger partial charge in [0.2, 0.25) is 0 Å². The Kier molecular flexibility index (Phi) is 8.76. The van der Waals surface area contributed by atoms with Gasteiger partial charge in [0.05, 0.1) is 6.21 Å². The van der Waals surface area contributed by atoms with Gasteiger partial charge in [0.1, 0.15) is 5.75 Å². The predicted molar refractivity (Wildman–Crippen MR) is 131 cm³/mol. The lowest BCUT2D eigenvalue weighted by atomic mass is 10.2. The van der Waals surface area contributed by atoms with Crippen LogP contribution in [0.5, 0.6) is 5.75 Å². The number of carbonyl (C=O) groups is 3. The molecule has 0 fully saturated rings. The fourth-order valence-corrected chi connectivity index (χ4v) is 2.96. The number of hydrogen-bond donors (Lipinski definition) is 3. The molecule has 174 valence electrons. The van der Waals surface area contributed by atoms with Gasteiger partial charge in [0.15, 0.2) is 6.61 Å². The third-order valence-corrected chi connectivity index (χ3v) is 5.02. The van der Waals surface area contributed by atoms with Crippen LogP contribution >= 0.6 is 11.6 Å². The van der Waals surface area contributed by atoms with Gasteiger partial charge in [-0.25, -0.2) is 5.43 Å². The zero-order valence-corrected chi connectivity index (χ0v) is 19.1. The quantitative estimate of drug-likeness (QED) is 0.262. The van der Waals surface area contributed by atoms with E-state index in [-0.39, 0.29) is 12.5 Å². The number of hydrogen-bond acceptors (Lipinski definition) is 5. The van der Waals surface area contributed by atoms with E-state index in [0.717, 1.165) is 11.1 Å². The van der Waals surface area contributed by atoms with Crippen molar-refractivity contribution in [1.29, 1.82) is 0 Å². The predicted octanol–water partition coefficient (Wildman–Crippen LogP) is 3.43. The van der Waals surface area contributed by atoms with Gasteiger partial charge in [-0.3, -0.25) is 14.4 Å². The number of anilines is 1. The molecule has 3 aromatic rings. The molecule has 0 radical (unpaired) electrons. The molecule has 34 heavy (non-hydrogen) atoms. The first-order valence-electron chi connectivity index (χ1n) is 10.4. The second kappa shape index (κ2) is 12.2. The molecule has 3 aromatic carbocycles. The van der Waals surface area contributed by atoms with E-state index in [4.69, 9.17) is 16.3 Å². The molecule has 0 aromatic heterocycles. The smallest absolute Gasteiger partial charge is 0.329 e. The highest BCUT2D eigenvalue weighted by Gasteiger charge is 2.13. The van der Waals surface area contributed by atoms with Crippen LogP contribution in [0.1, 0.15) is 16.7 Å². The number of nitrogens with zero attached hydrogens (tertiary/aromatic N) is 1. The average Bonchev–Trinajstić information content (AvgIpc) is 2.85. The highest BCUT2D eigenvalue weighted by Crippen LogP contribution is 2.20. The number of halogens is 1. The molecular formula is C25H23ClN4O4. The first-order chi connectivity index (χ1) is 16.4. The molecule has 3 amide bonds. The van der Waals surface area contributed by atoms with Crippen molar-refractivity contribution in [1.82, 2.24) is 10.7 Å². The second-order valence-electron chi connectivity index (χ2n) is 7.21. The van der Waals surface area contributed by atoms with Crippen molar-refractivity contribution in [3.8, 4) is 5.75 Å². The number of nitrogens with one attached hydrogen (secondary N) is 3. The van der Waals surface area contributed by atoms with Crippen LogP contribution in [0.4, 0.5) is 5.69 Å². The summed E-state index contributed by atoms with van der Waals surface area (Å²) in [6.45, 7) is 2.04. The molecule has 0 saturated heterocycles. The van der Waals surface area contributed by atoms with Gasteiger partial charge in [0.25, 0.3) is 5.91 Å². The molecule has 3 rings (SSSR count). The van der Waals surface area contributed by atoms with Crippen molar-refractivity contribution in [2.75, 3.05) is 11.9 Å². The van der Waals surface area contributed by atoms with Crippen molar-refractivity contribution in [3.63, 3.8) is 0 Å². The molecule has 0 saturated carbocycles. The maximum Gasteiger partial charge on any atom is 0.329 e. The third-order valence-electron chi connectivity index (χ3n) is 4.62. The van der Waals surface area contributed by atoms with Crippen LogP contribution in [-0.4, -0.2) is 30.5 Å². The number of carbonyl (C=O) groups excluding carboxylic acids is 3. The summed E-state index contributed by atoms with van der Waals surface area (Å²) in [5.74, 6) is -1.73. The Morgan fingerprint density at radius 1 is 0.971 bits per heavy atom. The van der Waals surface area contributed by atoms with Crippen LogP contribution in [0, 0.1) is 6.92 Å². The Labute approximate surface area is 202 Å². The topological polar surface area (TPSA) is 109 Å². The van der Waals surface area contributed by atoms with Crippen LogP contribution in [0.15, 0.2) is 77.9 Å². The van der Waals surface area contributed by atoms with Gasteiger partial charge in [-0.1, -0.05) is 60.1 Å². The van der Waals surface area contributed by atoms with Gasteiger partial charge in [0, 0.05) is 22.8 Å². The fourth-order valence-electron chi connectivity index (χ4n) is 2.78. The zero-order valence-electron chi connectivity index (χ0n) is 18.4. The third kappa shape index (κ3) is 7.46. The number of aryl methyl sites for hydroxylation is 1. The summed E-state index contributed by atoms with van der Waals surface area (Å²) in [6, 6.07) is 21.3. The van der Waals surface area contributed by atoms with Gasteiger partial charge in [-0.15, -0.1) is 0 Å². The van der Waals surface area contributed by atoms with E-state index in [2.05, 4.69) is 21.2 Å². The SMILES string of the molecule is Cc1ccc(NC(=O)C(=O)N/N=C\c2ccccc2OCC(=O)NCc2ccccc2)cc1Cl. The van der Waals surface area contributed by atoms with E-state index >= 15 is 0 Å². The maximum atomic E-state index is 12.1. The lowest BCUT2D eigenvalue weighted by Gasteiger charge is -2.09. The Morgan fingerprint density at radius 3 is 2.47 bits per heavy atom. The number of amides is 3. The molecule has 3 N–H and O–H groups in total. The Hall–Kier alpha value is -4.17. The molecule has 0 atom stereocenters. The maximum absolute atomic E-state index is 12.1. The van der Waals surface area contributed by atoms with Crippen molar-refractivity contribution in [3.05, 3.63) is 94.5 Å². The van der Waals surface area contributed by atoms with Crippen LogP contribution < -0.4 is 20.8 Å². The van der Waals surface area contributed by atoms with E-state index in [1.807, 2.05) is 37.3 Å². The van der Waals surface area contributed by atoms with E-state index in [1.54, 1.807) is 42.5 Å². The Bertz CT molecular complexity index is 1200. The standard InChI is InChI=1S/C25H23ClN4O4/c1-17-11-12-20(13-21(17)26)29-24(32)25(33)30-28-15-19-9-5-6-10-22(19)34-16-23(31)27-14-18-7-3-2-4-8-18/h2-13,15H,14,16H2,1H3,(H,27,31)(H,29,32)(H,30,33)/b28-15-. The largest absolute Gasteiger partial charge is 0.483 e. The number of ether oxygens (including phenoxy) is 1. The Morgan fingerprint density at radius 2 is 1.71 bits per heavy atom. The number of para-hydroxylation sites is 1. The van der Waals surface area contributed by atoms with Crippen molar-refractivity contribution in [2.45, 2.75) is 13.5 Å². The number of benzene rings is 3. The summed E-state index contributed by atoms with van der Waals surface area (Å²) >= 11 is 6.02.